The van der Waals surface area contributed by atoms with E-state index in [2.05, 4.69) is 68.7 Å². The largest absolute Gasteiger partial charge is 0.389 e. The molecule has 0 aromatic rings. The molecule has 0 saturated heterocycles. The Morgan fingerprint density at radius 1 is 0.786 bits per heavy atom. The summed E-state index contributed by atoms with van der Waals surface area (Å²) in [5.41, 5.74) is 0. The molecule has 28 heavy (non-hydrogen) atoms. The Kier molecular flexibility index (Phi) is 17.5. The van der Waals surface area contributed by atoms with Crippen molar-refractivity contribution >= 4 is 0 Å². The molecule has 0 aliphatic rings. The predicted molar refractivity (Wildman–Crippen MR) is 121 cm³/mol. The van der Waals surface area contributed by atoms with Crippen LogP contribution in [-0.4, -0.2) is 125 Å². The molecule has 0 heterocycles. The van der Waals surface area contributed by atoms with Gasteiger partial charge in [0.1, 0.15) is 0 Å². The maximum atomic E-state index is 10.3. The van der Waals surface area contributed by atoms with E-state index in [9.17, 15) is 5.11 Å². The number of rotatable bonds is 19. The van der Waals surface area contributed by atoms with E-state index in [1.165, 1.54) is 19.3 Å². The molecule has 0 aromatic carbocycles. The zero-order valence-electron chi connectivity index (χ0n) is 20.0. The third kappa shape index (κ3) is 16.7. The van der Waals surface area contributed by atoms with Gasteiger partial charge in [-0.05, 0) is 47.6 Å². The zero-order valence-corrected chi connectivity index (χ0v) is 20.0. The lowest BCUT2D eigenvalue weighted by molar-refractivity contribution is 0.00527. The molecule has 0 aliphatic carbocycles. The minimum absolute atomic E-state index is 0.411. The Morgan fingerprint density at radius 3 is 1.86 bits per heavy atom. The fourth-order valence-electron chi connectivity index (χ4n) is 3.10. The summed E-state index contributed by atoms with van der Waals surface area (Å²) in [5, 5.41) is 10.3. The normalized spacial score (nSPS) is 14.6. The number of hydrogen-bond acceptors (Lipinski definition) is 6. The molecule has 0 bridgehead atoms. The smallest absolute Gasteiger partial charge is 0.0900 e. The molecule has 0 fully saturated rings. The fraction of sp³-hybridized carbons (Fsp3) is 1.00. The molecule has 0 saturated carbocycles. The van der Waals surface area contributed by atoms with Crippen molar-refractivity contribution in [2.75, 3.05) is 94.3 Å². The van der Waals surface area contributed by atoms with Crippen LogP contribution in [0.15, 0.2) is 0 Å². The maximum Gasteiger partial charge on any atom is 0.0900 e. The predicted octanol–water partition coefficient (Wildman–Crippen LogP) is 1.94. The first kappa shape index (κ1) is 27.8. The van der Waals surface area contributed by atoms with E-state index < -0.39 is 6.10 Å². The highest BCUT2D eigenvalue weighted by Crippen LogP contribution is 2.12. The Hall–Kier alpha value is -0.240. The van der Waals surface area contributed by atoms with Gasteiger partial charge in [-0.3, -0.25) is 4.90 Å². The summed E-state index contributed by atoms with van der Waals surface area (Å²) in [6, 6.07) is 0. The lowest BCUT2D eigenvalue weighted by Gasteiger charge is -2.28. The first-order valence-corrected chi connectivity index (χ1v) is 11.2. The molecule has 170 valence electrons. The lowest BCUT2D eigenvalue weighted by atomic mass is 10.0. The number of aliphatic hydroxyl groups excluding tert-OH is 1. The van der Waals surface area contributed by atoms with E-state index in [1.807, 2.05) is 0 Å². The molecule has 6 nitrogen and oxygen atoms in total. The topological polar surface area (TPSA) is 42.4 Å². The number of hydrogen-bond donors (Lipinski definition) is 1. The molecular weight excluding hydrogens is 352 g/mol. The first-order chi connectivity index (χ1) is 13.3. The minimum Gasteiger partial charge on any atom is -0.389 e. The van der Waals surface area contributed by atoms with Gasteiger partial charge in [-0.1, -0.05) is 33.1 Å². The number of unbranched alkanes of at least 4 members (excludes halogenated alkanes) is 1. The molecule has 2 atom stereocenters. The van der Waals surface area contributed by atoms with E-state index in [0.717, 1.165) is 52.3 Å². The van der Waals surface area contributed by atoms with Gasteiger partial charge in [0.2, 0.25) is 0 Å². The van der Waals surface area contributed by atoms with Crippen molar-refractivity contribution in [1.29, 1.82) is 0 Å². The Bertz CT molecular complexity index is 330. The Morgan fingerprint density at radius 2 is 1.36 bits per heavy atom. The third-order valence-electron chi connectivity index (χ3n) is 5.25. The summed E-state index contributed by atoms with van der Waals surface area (Å²) >= 11 is 0. The van der Waals surface area contributed by atoms with Crippen molar-refractivity contribution in [3.63, 3.8) is 0 Å². The lowest BCUT2D eigenvalue weighted by Crippen LogP contribution is -2.42. The SMILES string of the molecule is CCCCC(CC)COCC(O)CN(C)CCN(CCN(C)C)CCN(C)C. The van der Waals surface area contributed by atoms with Crippen LogP contribution in [0.25, 0.3) is 0 Å². The number of likely N-dealkylation sites (N-methyl/N-ethyl adjacent to an activating group) is 3. The van der Waals surface area contributed by atoms with Crippen LogP contribution in [0.3, 0.4) is 0 Å². The standard InChI is InChI=1S/C22H50N4O2/c1-8-10-11-21(9-2)19-28-20-22(27)18-25(7)14-17-26(15-12-23(3)4)16-13-24(5)6/h21-22,27H,8-20H2,1-7H3. The van der Waals surface area contributed by atoms with Gasteiger partial charge in [0.05, 0.1) is 12.7 Å². The van der Waals surface area contributed by atoms with Crippen molar-refractivity contribution in [3.8, 4) is 0 Å². The van der Waals surface area contributed by atoms with Gasteiger partial charge in [-0.2, -0.15) is 0 Å². The van der Waals surface area contributed by atoms with Gasteiger partial charge in [0.15, 0.2) is 0 Å². The summed E-state index contributed by atoms with van der Waals surface area (Å²) in [6.45, 7) is 12.6. The molecule has 0 spiro atoms. The molecule has 0 aromatic heterocycles. The van der Waals surface area contributed by atoms with Gasteiger partial charge in [0, 0.05) is 52.4 Å². The molecule has 6 heteroatoms. The van der Waals surface area contributed by atoms with Crippen LogP contribution in [0, 0.1) is 5.92 Å². The summed E-state index contributed by atoms with van der Waals surface area (Å²) < 4.78 is 5.80. The zero-order chi connectivity index (χ0) is 21.4. The van der Waals surface area contributed by atoms with E-state index in [-0.39, 0.29) is 0 Å². The van der Waals surface area contributed by atoms with Crippen molar-refractivity contribution in [3.05, 3.63) is 0 Å². The molecular formula is C22H50N4O2. The summed E-state index contributed by atoms with van der Waals surface area (Å²) in [4.78, 5) is 9.20. The monoisotopic (exact) mass is 402 g/mol. The van der Waals surface area contributed by atoms with Gasteiger partial charge in [-0.15, -0.1) is 0 Å². The van der Waals surface area contributed by atoms with Crippen molar-refractivity contribution in [2.45, 2.75) is 45.6 Å². The van der Waals surface area contributed by atoms with E-state index >= 15 is 0 Å². The van der Waals surface area contributed by atoms with Crippen LogP contribution in [0.1, 0.15) is 39.5 Å². The van der Waals surface area contributed by atoms with Crippen molar-refractivity contribution < 1.29 is 9.84 Å². The molecule has 2 unspecified atom stereocenters. The summed E-state index contributed by atoms with van der Waals surface area (Å²) in [7, 11) is 10.6. The first-order valence-electron chi connectivity index (χ1n) is 11.2. The molecule has 0 aliphatic heterocycles. The summed E-state index contributed by atoms with van der Waals surface area (Å²) in [6.07, 6.45) is 4.49. The summed E-state index contributed by atoms with van der Waals surface area (Å²) in [5.74, 6) is 0.631. The van der Waals surface area contributed by atoms with Crippen LogP contribution in [-0.2, 0) is 4.74 Å². The average molecular weight is 403 g/mol. The molecule has 0 amide bonds. The highest BCUT2D eigenvalue weighted by Gasteiger charge is 2.13. The average Bonchev–Trinajstić information content (AvgIpc) is 2.63. The van der Waals surface area contributed by atoms with Crippen LogP contribution in [0.2, 0.25) is 0 Å². The minimum atomic E-state index is -0.411. The number of ether oxygens (including phenoxy) is 1. The third-order valence-corrected chi connectivity index (χ3v) is 5.25. The molecule has 1 N–H and O–H groups in total. The van der Waals surface area contributed by atoms with Gasteiger partial charge in [0.25, 0.3) is 0 Å². The van der Waals surface area contributed by atoms with E-state index in [1.54, 1.807) is 0 Å². The van der Waals surface area contributed by atoms with Crippen molar-refractivity contribution in [1.82, 2.24) is 19.6 Å². The quantitative estimate of drug-likeness (QED) is 0.356. The highest BCUT2D eigenvalue weighted by molar-refractivity contribution is 4.67. The van der Waals surface area contributed by atoms with Gasteiger partial charge in [-0.25, -0.2) is 0 Å². The van der Waals surface area contributed by atoms with Crippen LogP contribution in [0.4, 0.5) is 0 Å². The van der Waals surface area contributed by atoms with Crippen LogP contribution < -0.4 is 0 Å². The number of nitrogens with zero attached hydrogens (tertiary/aromatic N) is 4. The molecule has 0 rings (SSSR count). The maximum absolute atomic E-state index is 10.3. The van der Waals surface area contributed by atoms with E-state index in [0.29, 0.717) is 19.1 Å². The van der Waals surface area contributed by atoms with Crippen LogP contribution in [0.5, 0.6) is 0 Å². The van der Waals surface area contributed by atoms with Crippen molar-refractivity contribution in [2.24, 2.45) is 5.92 Å². The highest BCUT2D eigenvalue weighted by atomic mass is 16.5. The second kappa shape index (κ2) is 17.6. The van der Waals surface area contributed by atoms with E-state index in [4.69, 9.17) is 4.74 Å². The van der Waals surface area contributed by atoms with Gasteiger partial charge < -0.3 is 24.5 Å². The van der Waals surface area contributed by atoms with Gasteiger partial charge >= 0.3 is 0 Å². The second-order valence-electron chi connectivity index (χ2n) is 8.82. The molecule has 0 radical (unpaired) electrons. The number of aliphatic hydroxyl groups is 1. The Labute approximate surface area is 175 Å². The van der Waals surface area contributed by atoms with Crippen LogP contribution >= 0.6 is 0 Å². The second-order valence-corrected chi connectivity index (χ2v) is 8.82. The Balaban J connectivity index is 4.10. The fourth-order valence-corrected chi connectivity index (χ4v) is 3.10.